The Labute approximate surface area is 189 Å². The highest BCUT2D eigenvalue weighted by Gasteiger charge is 2.40. The largest absolute Gasteiger partial charge is 0.497 e. The zero-order valence-corrected chi connectivity index (χ0v) is 17.7. The number of carbonyl (C=O) groups is 2. The van der Waals surface area contributed by atoms with E-state index in [-0.39, 0.29) is 11.3 Å². The van der Waals surface area contributed by atoms with Crippen LogP contribution in [0.4, 0.5) is 15.8 Å². The summed E-state index contributed by atoms with van der Waals surface area (Å²) in [6.07, 6.45) is 0. The van der Waals surface area contributed by atoms with E-state index in [1.807, 2.05) is 42.5 Å². The van der Waals surface area contributed by atoms with E-state index in [1.54, 1.807) is 31.4 Å². The molecule has 0 radical (unpaired) electrons. The van der Waals surface area contributed by atoms with Crippen LogP contribution < -0.4 is 15.0 Å². The van der Waals surface area contributed by atoms with E-state index >= 15 is 0 Å². The molecule has 0 unspecified atom stereocenters. The summed E-state index contributed by atoms with van der Waals surface area (Å²) >= 11 is 0. The van der Waals surface area contributed by atoms with Gasteiger partial charge in [0.2, 0.25) is 0 Å². The Morgan fingerprint density at radius 3 is 2.21 bits per heavy atom. The zero-order chi connectivity index (χ0) is 22.9. The fourth-order valence-corrected chi connectivity index (χ4v) is 3.96. The topological polar surface area (TPSA) is 58.6 Å². The van der Waals surface area contributed by atoms with Gasteiger partial charge in [0.25, 0.3) is 11.8 Å². The van der Waals surface area contributed by atoms with Crippen molar-refractivity contribution in [3.63, 3.8) is 0 Å². The Bertz CT molecular complexity index is 1400. The van der Waals surface area contributed by atoms with Crippen molar-refractivity contribution in [2.24, 2.45) is 0 Å². The van der Waals surface area contributed by atoms with Crippen LogP contribution in [0.15, 0.2) is 96.7 Å². The molecule has 5 nitrogen and oxygen atoms in total. The van der Waals surface area contributed by atoms with Gasteiger partial charge in [-0.25, -0.2) is 9.29 Å². The maximum Gasteiger partial charge on any atom is 0.282 e. The zero-order valence-electron chi connectivity index (χ0n) is 17.7. The molecule has 2 amide bonds. The molecule has 0 saturated carbocycles. The highest BCUT2D eigenvalue weighted by atomic mass is 19.1. The molecule has 1 N–H and O–H groups in total. The number of imide groups is 1. The SMILES string of the molecule is COc1ccc(N2C(=O)C(Nc3cccc4ccccc34)=C(c3ccc(F)cc3)C2=O)cc1. The molecule has 1 aliphatic heterocycles. The summed E-state index contributed by atoms with van der Waals surface area (Å²) in [6.45, 7) is 0. The molecule has 0 bridgehead atoms. The van der Waals surface area contributed by atoms with Gasteiger partial charge in [-0.1, -0.05) is 48.5 Å². The molecule has 1 aliphatic rings. The molecular formula is C27H19FN2O3. The number of hydrogen-bond donors (Lipinski definition) is 1. The van der Waals surface area contributed by atoms with Crippen LogP contribution in [0.3, 0.4) is 0 Å². The Morgan fingerprint density at radius 1 is 0.788 bits per heavy atom. The second-order valence-electron chi connectivity index (χ2n) is 7.55. The molecular weight excluding hydrogens is 419 g/mol. The van der Waals surface area contributed by atoms with Crippen LogP contribution in [0.5, 0.6) is 5.75 Å². The smallest absolute Gasteiger partial charge is 0.282 e. The van der Waals surface area contributed by atoms with E-state index in [9.17, 15) is 14.0 Å². The van der Waals surface area contributed by atoms with Crippen LogP contribution in [-0.2, 0) is 9.59 Å². The number of hydrogen-bond acceptors (Lipinski definition) is 4. The number of rotatable bonds is 5. The predicted octanol–water partition coefficient (Wildman–Crippen LogP) is 5.38. The van der Waals surface area contributed by atoms with Gasteiger partial charge < -0.3 is 10.1 Å². The first-order valence-corrected chi connectivity index (χ1v) is 10.3. The molecule has 0 aliphatic carbocycles. The quantitative estimate of drug-likeness (QED) is 0.425. The van der Waals surface area contributed by atoms with Crippen LogP contribution in [0.1, 0.15) is 5.56 Å². The molecule has 0 spiro atoms. The van der Waals surface area contributed by atoms with Gasteiger partial charge in [-0.3, -0.25) is 9.59 Å². The van der Waals surface area contributed by atoms with Crippen LogP contribution in [0, 0.1) is 5.82 Å². The van der Waals surface area contributed by atoms with E-state index in [2.05, 4.69) is 5.32 Å². The molecule has 162 valence electrons. The summed E-state index contributed by atoms with van der Waals surface area (Å²) in [6, 6.07) is 25.7. The van der Waals surface area contributed by atoms with Gasteiger partial charge in [0, 0.05) is 11.1 Å². The summed E-state index contributed by atoms with van der Waals surface area (Å²) in [5.41, 5.74) is 1.89. The number of methoxy groups -OCH3 is 1. The molecule has 6 heteroatoms. The van der Waals surface area contributed by atoms with E-state index in [4.69, 9.17) is 4.74 Å². The molecule has 0 saturated heterocycles. The second kappa shape index (κ2) is 8.24. The first-order valence-electron chi connectivity index (χ1n) is 10.3. The minimum absolute atomic E-state index is 0.138. The van der Waals surface area contributed by atoms with Crippen molar-refractivity contribution < 1.29 is 18.7 Å². The van der Waals surface area contributed by atoms with Crippen molar-refractivity contribution in [1.82, 2.24) is 0 Å². The van der Waals surface area contributed by atoms with Gasteiger partial charge in [0.15, 0.2) is 0 Å². The fraction of sp³-hybridized carbons (Fsp3) is 0.0370. The maximum absolute atomic E-state index is 13.6. The van der Waals surface area contributed by atoms with Crippen molar-refractivity contribution in [2.75, 3.05) is 17.3 Å². The van der Waals surface area contributed by atoms with E-state index in [0.29, 0.717) is 22.7 Å². The Hall–Kier alpha value is -4.45. The highest BCUT2D eigenvalue weighted by molar-refractivity contribution is 6.46. The van der Waals surface area contributed by atoms with Crippen LogP contribution >= 0.6 is 0 Å². The van der Waals surface area contributed by atoms with Gasteiger partial charge in [-0.15, -0.1) is 0 Å². The minimum atomic E-state index is -0.488. The lowest BCUT2D eigenvalue weighted by atomic mass is 10.0. The molecule has 4 aromatic carbocycles. The second-order valence-corrected chi connectivity index (χ2v) is 7.55. The number of ether oxygens (including phenoxy) is 1. The van der Waals surface area contributed by atoms with Gasteiger partial charge >= 0.3 is 0 Å². The van der Waals surface area contributed by atoms with Crippen molar-refractivity contribution in [2.45, 2.75) is 0 Å². The van der Waals surface area contributed by atoms with Gasteiger partial charge in [-0.2, -0.15) is 0 Å². The molecule has 5 rings (SSSR count). The molecule has 0 aromatic heterocycles. The first kappa shape index (κ1) is 20.5. The number of anilines is 2. The normalized spacial score (nSPS) is 13.7. The average molecular weight is 438 g/mol. The third-order valence-electron chi connectivity index (χ3n) is 5.60. The van der Waals surface area contributed by atoms with Crippen LogP contribution in [0.2, 0.25) is 0 Å². The predicted molar refractivity (Wildman–Crippen MR) is 126 cm³/mol. The monoisotopic (exact) mass is 438 g/mol. The van der Waals surface area contributed by atoms with Crippen molar-refractivity contribution in [3.8, 4) is 5.75 Å². The fourth-order valence-electron chi connectivity index (χ4n) is 3.96. The molecule has 33 heavy (non-hydrogen) atoms. The first-order chi connectivity index (χ1) is 16.1. The lowest BCUT2D eigenvalue weighted by Crippen LogP contribution is -2.32. The summed E-state index contributed by atoms with van der Waals surface area (Å²) in [5, 5.41) is 5.11. The number of nitrogens with zero attached hydrogens (tertiary/aromatic N) is 1. The molecule has 1 heterocycles. The molecule has 0 atom stereocenters. The van der Waals surface area contributed by atoms with E-state index in [1.165, 1.54) is 24.3 Å². The summed E-state index contributed by atoms with van der Waals surface area (Å²) < 4.78 is 18.8. The van der Waals surface area contributed by atoms with E-state index < -0.39 is 17.6 Å². The lowest BCUT2D eigenvalue weighted by Gasteiger charge is -2.16. The highest BCUT2D eigenvalue weighted by Crippen LogP contribution is 2.35. The Morgan fingerprint density at radius 2 is 1.48 bits per heavy atom. The maximum atomic E-state index is 13.6. The Kier molecular flexibility index (Phi) is 5.11. The van der Waals surface area contributed by atoms with Crippen LogP contribution in [0.25, 0.3) is 16.3 Å². The third-order valence-corrected chi connectivity index (χ3v) is 5.60. The number of halogens is 1. The summed E-state index contributed by atoms with van der Waals surface area (Å²) in [7, 11) is 1.54. The minimum Gasteiger partial charge on any atom is -0.497 e. The van der Waals surface area contributed by atoms with Gasteiger partial charge in [0.05, 0.1) is 18.4 Å². The van der Waals surface area contributed by atoms with Gasteiger partial charge in [0.1, 0.15) is 17.3 Å². The third kappa shape index (κ3) is 3.61. The summed E-state index contributed by atoms with van der Waals surface area (Å²) in [5.74, 6) is -0.790. The van der Waals surface area contributed by atoms with Crippen molar-refractivity contribution >= 4 is 39.5 Å². The van der Waals surface area contributed by atoms with Crippen molar-refractivity contribution in [3.05, 3.63) is 108 Å². The van der Waals surface area contributed by atoms with Crippen LogP contribution in [-0.4, -0.2) is 18.9 Å². The molecule has 4 aromatic rings. The Balaban J connectivity index is 1.63. The van der Waals surface area contributed by atoms with E-state index in [0.717, 1.165) is 15.7 Å². The lowest BCUT2D eigenvalue weighted by molar-refractivity contribution is -0.120. The number of amides is 2. The number of fused-ring (bicyclic) bond motifs is 1. The molecule has 0 fully saturated rings. The average Bonchev–Trinajstić information content (AvgIpc) is 3.09. The standard InChI is InChI=1S/C27H19FN2O3/c1-33-21-15-13-20(14-16-21)30-26(31)24(18-9-11-19(28)12-10-18)25(27(30)32)29-23-8-4-6-17-5-2-3-7-22(17)23/h2-16,29H,1H3. The summed E-state index contributed by atoms with van der Waals surface area (Å²) in [4.78, 5) is 28.2. The number of carbonyl (C=O) groups excluding carboxylic acids is 2. The number of nitrogens with one attached hydrogen (secondary N) is 1. The van der Waals surface area contributed by atoms with Gasteiger partial charge in [-0.05, 0) is 53.4 Å². The van der Waals surface area contributed by atoms with Crippen molar-refractivity contribution in [1.29, 1.82) is 0 Å². The number of benzene rings is 4.